The molecular formula is C15H21F3N2. The molecule has 0 saturated heterocycles. The summed E-state index contributed by atoms with van der Waals surface area (Å²) in [6.45, 7) is 2.40. The second kappa shape index (κ2) is 6.14. The molecule has 0 aromatic heterocycles. The lowest BCUT2D eigenvalue weighted by atomic mass is 9.89. The van der Waals surface area contributed by atoms with Crippen molar-refractivity contribution in [1.82, 2.24) is 10.2 Å². The zero-order chi connectivity index (χ0) is 14.8. The van der Waals surface area contributed by atoms with Crippen molar-refractivity contribution in [1.29, 1.82) is 0 Å². The van der Waals surface area contributed by atoms with Gasteiger partial charge >= 0.3 is 6.18 Å². The summed E-state index contributed by atoms with van der Waals surface area (Å²) < 4.78 is 37.9. The van der Waals surface area contributed by atoms with Crippen molar-refractivity contribution in [3.05, 3.63) is 34.9 Å². The molecule has 0 bridgehead atoms. The van der Waals surface area contributed by atoms with Gasteiger partial charge in [0.1, 0.15) is 0 Å². The van der Waals surface area contributed by atoms with Crippen LogP contribution in [0.15, 0.2) is 18.2 Å². The minimum Gasteiger partial charge on any atom is -0.316 e. The Labute approximate surface area is 118 Å². The molecule has 1 unspecified atom stereocenters. The quantitative estimate of drug-likeness (QED) is 0.914. The minimum absolute atomic E-state index is 0.121. The monoisotopic (exact) mass is 286 g/mol. The van der Waals surface area contributed by atoms with Crippen molar-refractivity contribution in [3.8, 4) is 0 Å². The third-order valence-corrected chi connectivity index (χ3v) is 3.83. The largest absolute Gasteiger partial charge is 0.401 e. The summed E-state index contributed by atoms with van der Waals surface area (Å²) in [7, 11) is 1.89. The Morgan fingerprint density at radius 2 is 2.10 bits per heavy atom. The number of nitrogens with one attached hydrogen (secondary N) is 1. The van der Waals surface area contributed by atoms with Gasteiger partial charge in [0.2, 0.25) is 0 Å². The van der Waals surface area contributed by atoms with Crippen LogP contribution >= 0.6 is 0 Å². The molecule has 112 valence electrons. The maximum absolute atomic E-state index is 12.6. The fourth-order valence-electron chi connectivity index (χ4n) is 3.03. The number of hydrogen-bond donors (Lipinski definition) is 1. The third kappa shape index (κ3) is 3.52. The summed E-state index contributed by atoms with van der Waals surface area (Å²) in [5.41, 5.74) is 3.44. The summed E-state index contributed by atoms with van der Waals surface area (Å²) in [6.07, 6.45) is -2.73. The number of nitrogens with zero attached hydrogens (tertiary/aromatic N) is 1. The van der Waals surface area contributed by atoms with Crippen LogP contribution < -0.4 is 5.32 Å². The molecule has 1 N–H and O–H groups in total. The molecule has 5 heteroatoms. The van der Waals surface area contributed by atoms with Gasteiger partial charge in [-0.25, -0.2) is 0 Å². The molecule has 1 aliphatic heterocycles. The van der Waals surface area contributed by atoms with Crippen LogP contribution in [0.25, 0.3) is 0 Å². The van der Waals surface area contributed by atoms with Gasteiger partial charge in [-0.2, -0.15) is 13.2 Å². The molecule has 2 rings (SSSR count). The van der Waals surface area contributed by atoms with Gasteiger partial charge in [-0.3, -0.25) is 4.90 Å². The molecule has 0 aliphatic carbocycles. The molecule has 1 heterocycles. The molecule has 20 heavy (non-hydrogen) atoms. The zero-order valence-corrected chi connectivity index (χ0v) is 11.9. The van der Waals surface area contributed by atoms with Crippen LogP contribution in [0, 0.1) is 0 Å². The Hall–Kier alpha value is -1.07. The molecule has 0 radical (unpaired) electrons. The van der Waals surface area contributed by atoms with Crippen molar-refractivity contribution in [2.75, 3.05) is 20.1 Å². The Kier molecular flexibility index (Phi) is 4.70. The predicted molar refractivity (Wildman–Crippen MR) is 73.6 cm³/mol. The average Bonchev–Trinajstić information content (AvgIpc) is 2.37. The van der Waals surface area contributed by atoms with Crippen LogP contribution in [-0.2, 0) is 13.0 Å². The lowest BCUT2D eigenvalue weighted by Gasteiger charge is -2.37. The van der Waals surface area contributed by atoms with Gasteiger partial charge in [-0.1, -0.05) is 25.1 Å². The molecule has 0 fully saturated rings. The number of hydrogen-bond acceptors (Lipinski definition) is 2. The topological polar surface area (TPSA) is 15.3 Å². The van der Waals surface area contributed by atoms with E-state index in [0.29, 0.717) is 19.4 Å². The van der Waals surface area contributed by atoms with E-state index in [4.69, 9.17) is 0 Å². The number of rotatable bonds is 4. The maximum atomic E-state index is 12.6. The van der Waals surface area contributed by atoms with Crippen LogP contribution in [0.4, 0.5) is 13.2 Å². The van der Waals surface area contributed by atoms with Crippen LogP contribution in [0.3, 0.4) is 0 Å². The van der Waals surface area contributed by atoms with Crippen LogP contribution in [-0.4, -0.2) is 31.2 Å². The van der Waals surface area contributed by atoms with Gasteiger partial charge in [0.05, 0.1) is 6.54 Å². The molecular weight excluding hydrogens is 265 g/mol. The average molecular weight is 286 g/mol. The molecule has 1 aromatic carbocycles. The van der Waals surface area contributed by atoms with Gasteiger partial charge in [0.15, 0.2) is 0 Å². The maximum Gasteiger partial charge on any atom is 0.401 e. The fourth-order valence-corrected chi connectivity index (χ4v) is 3.03. The number of halogens is 3. The Bertz CT molecular complexity index is 457. The number of benzene rings is 1. The Morgan fingerprint density at radius 1 is 1.35 bits per heavy atom. The zero-order valence-electron chi connectivity index (χ0n) is 11.9. The molecule has 1 atom stereocenters. The van der Waals surface area contributed by atoms with Crippen molar-refractivity contribution in [3.63, 3.8) is 0 Å². The van der Waals surface area contributed by atoms with E-state index in [2.05, 4.69) is 11.4 Å². The second-order valence-electron chi connectivity index (χ2n) is 5.32. The van der Waals surface area contributed by atoms with Crippen LogP contribution in [0.5, 0.6) is 0 Å². The van der Waals surface area contributed by atoms with Crippen LogP contribution in [0.2, 0.25) is 0 Å². The van der Waals surface area contributed by atoms with Gasteiger partial charge in [-0.15, -0.1) is 0 Å². The first-order valence-corrected chi connectivity index (χ1v) is 7.01. The summed E-state index contributed by atoms with van der Waals surface area (Å²) in [5.74, 6) is 0. The van der Waals surface area contributed by atoms with Crippen molar-refractivity contribution >= 4 is 0 Å². The summed E-state index contributed by atoms with van der Waals surface area (Å²) in [6, 6.07) is 6.01. The summed E-state index contributed by atoms with van der Waals surface area (Å²) >= 11 is 0. The van der Waals surface area contributed by atoms with E-state index >= 15 is 0 Å². The first kappa shape index (κ1) is 15.3. The molecule has 1 aliphatic rings. The van der Waals surface area contributed by atoms with E-state index in [1.165, 1.54) is 11.1 Å². The highest BCUT2D eigenvalue weighted by atomic mass is 19.4. The normalized spacial score (nSPS) is 19.9. The number of fused-ring (bicyclic) bond motifs is 1. The molecule has 0 saturated carbocycles. The third-order valence-electron chi connectivity index (χ3n) is 3.83. The fraction of sp³-hybridized carbons (Fsp3) is 0.600. The molecule has 1 aromatic rings. The Morgan fingerprint density at radius 3 is 2.70 bits per heavy atom. The molecule has 0 spiro atoms. The first-order valence-electron chi connectivity index (χ1n) is 7.01. The molecule has 2 nitrogen and oxygen atoms in total. The highest BCUT2D eigenvalue weighted by Crippen LogP contribution is 2.34. The lowest BCUT2D eigenvalue weighted by Crippen LogP contribution is -2.41. The smallest absolute Gasteiger partial charge is 0.316 e. The standard InChI is InChI=1S/C15H21F3N2/c1-3-14-13-5-4-11(9-19-2)8-12(13)6-7-20(14)10-15(16,17)18/h4-5,8,14,19H,3,6-7,9-10H2,1-2H3. The van der Waals surface area contributed by atoms with E-state index < -0.39 is 12.7 Å². The SMILES string of the molecule is CCC1c2ccc(CNC)cc2CCN1CC(F)(F)F. The van der Waals surface area contributed by atoms with Crippen molar-refractivity contribution < 1.29 is 13.2 Å². The Balaban J connectivity index is 2.23. The van der Waals surface area contributed by atoms with E-state index in [9.17, 15) is 13.2 Å². The van der Waals surface area contributed by atoms with Crippen molar-refractivity contribution in [2.24, 2.45) is 0 Å². The van der Waals surface area contributed by atoms with E-state index in [1.807, 2.05) is 26.1 Å². The molecule has 0 amide bonds. The lowest BCUT2D eigenvalue weighted by molar-refractivity contribution is -0.152. The van der Waals surface area contributed by atoms with Crippen molar-refractivity contribution in [2.45, 2.75) is 38.5 Å². The second-order valence-corrected chi connectivity index (χ2v) is 5.32. The summed E-state index contributed by atoms with van der Waals surface area (Å²) in [4.78, 5) is 1.56. The number of alkyl halides is 3. The van der Waals surface area contributed by atoms with Crippen LogP contribution in [0.1, 0.15) is 36.1 Å². The van der Waals surface area contributed by atoms with Gasteiger partial charge < -0.3 is 5.32 Å². The van der Waals surface area contributed by atoms with Gasteiger partial charge in [0.25, 0.3) is 0 Å². The van der Waals surface area contributed by atoms with Gasteiger partial charge in [0, 0.05) is 19.1 Å². The van der Waals surface area contributed by atoms with E-state index in [1.54, 1.807) is 4.90 Å². The van der Waals surface area contributed by atoms with Gasteiger partial charge in [-0.05, 0) is 36.6 Å². The van der Waals surface area contributed by atoms with E-state index in [-0.39, 0.29) is 6.04 Å². The minimum atomic E-state index is -4.13. The predicted octanol–water partition coefficient (Wildman–Crippen LogP) is 3.28. The van der Waals surface area contributed by atoms with E-state index in [0.717, 1.165) is 12.1 Å². The highest BCUT2D eigenvalue weighted by molar-refractivity contribution is 5.36. The first-order chi connectivity index (χ1) is 9.44. The summed E-state index contributed by atoms with van der Waals surface area (Å²) in [5, 5.41) is 3.10. The highest BCUT2D eigenvalue weighted by Gasteiger charge is 2.36.